The summed E-state index contributed by atoms with van der Waals surface area (Å²) in [7, 11) is 3.20. The number of ether oxygens (including phenoxy) is 3. The number of nitrogens with zero attached hydrogens (tertiary/aromatic N) is 3. The summed E-state index contributed by atoms with van der Waals surface area (Å²) in [6.07, 6.45) is 0. The van der Waals surface area contributed by atoms with Gasteiger partial charge in [-0.3, -0.25) is 4.57 Å². The molecular weight excluding hydrogens is 406 g/mol. The highest BCUT2D eigenvalue weighted by molar-refractivity contribution is 7.73. The molecule has 0 saturated heterocycles. The van der Waals surface area contributed by atoms with Gasteiger partial charge in [0.05, 0.1) is 20.8 Å². The van der Waals surface area contributed by atoms with E-state index < -0.39 is 0 Å². The molecule has 4 aromatic rings. The van der Waals surface area contributed by atoms with E-state index in [9.17, 15) is 0 Å². The Hall–Kier alpha value is -2.97. The molecule has 0 atom stereocenters. The van der Waals surface area contributed by atoms with E-state index in [1.54, 1.807) is 14.2 Å². The van der Waals surface area contributed by atoms with Crippen molar-refractivity contribution in [2.75, 3.05) is 20.8 Å². The fourth-order valence-electron chi connectivity index (χ4n) is 3.02. The van der Waals surface area contributed by atoms with Gasteiger partial charge in [0.1, 0.15) is 4.70 Å². The van der Waals surface area contributed by atoms with Crippen LogP contribution in [-0.4, -0.2) is 35.4 Å². The van der Waals surface area contributed by atoms with Gasteiger partial charge in [0.2, 0.25) is 5.88 Å². The first-order valence-electron chi connectivity index (χ1n) is 9.00. The Labute approximate surface area is 177 Å². The number of para-hydroxylation sites is 1. The first kappa shape index (κ1) is 19.4. The van der Waals surface area contributed by atoms with Crippen LogP contribution in [0.15, 0.2) is 48.5 Å². The first-order chi connectivity index (χ1) is 14.2. The molecular formula is C21H19N3O3S2. The molecule has 0 unspecified atom stereocenters. The summed E-state index contributed by atoms with van der Waals surface area (Å²) in [6.45, 7) is 2.42. The van der Waals surface area contributed by atoms with Crippen LogP contribution in [0.1, 0.15) is 6.92 Å². The van der Waals surface area contributed by atoms with Crippen LogP contribution in [0.5, 0.6) is 17.4 Å². The Morgan fingerprint density at radius 1 is 1.00 bits per heavy atom. The predicted octanol–water partition coefficient (Wildman–Crippen LogP) is 5.29. The molecule has 2 aromatic heterocycles. The standard InChI is InChI=1S/C21H19N3O3S2/c1-4-27-20-17-19(24(21(28)29-17)14-8-6-5-7-9-14)22-18(23-20)13-10-11-15(25-2)16(12-13)26-3/h5-12H,4H2,1-3H3. The molecule has 6 nitrogen and oxygen atoms in total. The van der Waals surface area contributed by atoms with E-state index in [1.807, 2.05) is 60.0 Å². The summed E-state index contributed by atoms with van der Waals surface area (Å²) in [5.41, 5.74) is 2.46. The molecule has 2 aromatic carbocycles. The molecule has 0 saturated carbocycles. The first-order valence-corrected chi connectivity index (χ1v) is 10.2. The maximum Gasteiger partial charge on any atom is 0.237 e. The summed E-state index contributed by atoms with van der Waals surface area (Å²) in [4.78, 5) is 9.50. The molecule has 0 radical (unpaired) electrons. The summed E-state index contributed by atoms with van der Waals surface area (Å²) >= 11 is 7.07. The highest BCUT2D eigenvalue weighted by Crippen LogP contribution is 2.36. The lowest BCUT2D eigenvalue weighted by atomic mass is 10.2. The maximum absolute atomic E-state index is 5.83. The van der Waals surface area contributed by atoms with Crippen LogP contribution in [0.2, 0.25) is 0 Å². The molecule has 148 valence electrons. The molecule has 8 heteroatoms. The zero-order valence-corrected chi connectivity index (χ0v) is 17.8. The lowest BCUT2D eigenvalue weighted by Crippen LogP contribution is -2.02. The van der Waals surface area contributed by atoms with Crippen LogP contribution < -0.4 is 14.2 Å². The second-order valence-corrected chi connectivity index (χ2v) is 7.69. The molecule has 0 aliphatic rings. The van der Waals surface area contributed by atoms with E-state index in [0.29, 0.717) is 33.8 Å². The predicted molar refractivity (Wildman–Crippen MR) is 117 cm³/mol. The van der Waals surface area contributed by atoms with Crippen LogP contribution in [-0.2, 0) is 0 Å². The summed E-state index contributed by atoms with van der Waals surface area (Å²) in [5, 5.41) is 0. The van der Waals surface area contributed by atoms with Crippen LogP contribution in [0.4, 0.5) is 0 Å². The monoisotopic (exact) mass is 425 g/mol. The third kappa shape index (κ3) is 3.56. The third-order valence-corrected chi connectivity index (χ3v) is 5.69. The van der Waals surface area contributed by atoms with Crippen molar-refractivity contribution in [1.82, 2.24) is 14.5 Å². The van der Waals surface area contributed by atoms with E-state index in [2.05, 4.69) is 4.98 Å². The van der Waals surface area contributed by atoms with Crippen molar-refractivity contribution < 1.29 is 14.2 Å². The van der Waals surface area contributed by atoms with E-state index in [0.717, 1.165) is 21.6 Å². The van der Waals surface area contributed by atoms with Gasteiger partial charge in [0.25, 0.3) is 0 Å². The summed E-state index contributed by atoms with van der Waals surface area (Å²) < 4.78 is 20.1. The molecule has 0 aliphatic carbocycles. The highest BCUT2D eigenvalue weighted by Gasteiger charge is 2.18. The van der Waals surface area contributed by atoms with Crippen molar-refractivity contribution in [3.63, 3.8) is 0 Å². The van der Waals surface area contributed by atoms with Crippen LogP contribution in [0.3, 0.4) is 0 Å². The van der Waals surface area contributed by atoms with Crippen molar-refractivity contribution in [2.24, 2.45) is 0 Å². The average Bonchev–Trinajstić information content (AvgIpc) is 3.10. The SMILES string of the molecule is CCOc1nc(-c2ccc(OC)c(OC)c2)nc2c1sc(=S)n2-c1ccccc1. The van der Waals surface area contributed by atoms with Gasteiger partial charge in [-0.05, 0) is 49.5 Å². The highest BCUT2D eigenvalue weighted by atomic mass is 32.1. The van der Waals surface area contributed by atoms with E-state index >= 15 is 0 Å². The van der Waals surface area contributed by atoms with Crippen molar-refractivity contribution in [3.05, 3.63) is 52.5 Å². The number of fused-ring (bicyclic) bond motifs is 1. The number of thiazole rings is 1. The second-order valence-electron chi connectivity index (χ2n) is 6.05. The van der Waals surface area contributed by atoms with Crippen molar-refractivity contribution in [3.8, 4) is 34.5 Å². The fraction of sp³-hybridized carbons (Fsp3) is 0.190. The third-order valence-electron chi connectivity index (χ3n) is 4.34. The quantitative estimate of drug-likeness (QED) is 0.391. The van der Waals surface area contributed by atoms with Gasteiger partial charge in [-0.1, -0.05) is 29.5 Å². The Balaban J connectivity index is 1.98. The topological polar surface area (TPSA) is 58.4 Å². The number of hydrogen-bond acceptors (Lipinski definition) is 7. The molecule has 0 amide bonds. The normalized spacial score (nSPS) is 10.9. The van der Waals surface area contributed by atoms with Gasteiger partial charge in [0, 0.05) is 11.3 Å². The molecule has 2 heterocycles. The summed E-state index contributed by atoms with van der Waals surface area (Å²) in [5.74, 6) is 2.30. The largest absolute Gasteiger partial charge is 0.493 e. The molecule has 0 spiro atoms. The van der Waals surface area contributed by atoms with Crippen molar-refractivity contribution >= 4 is 33.9 Å². The molecule has 0 fully saturated rings. The number of rotatable bonds is 6. The zero-order chi connectivity index (χ0) is 20.4. The number of methoxy groups -OCH3 is 2. The minimum absolute atomic E-state index is 0.494. The van der Waals surface area contributed by atoms with Crippen molar-refractivity contribution in [1.29, 1.82) is 0 Å². The van der Waals surface area contributed by atoms with Crippen LogP contribution in [0.25, 0.3) is 27.4 Å². The Morgan fingerprint density at radius 3 is 2.45 bits per heavy atom. The minimum Gasteiger partial charge on any atom is -0.493 e. The Bertz CT molecular complexity index is 1220. The Kier molecular flexibility index (Phi) is 5.46. The van der Waals surface area contributed by atoms with E-state index in [4.69, 9.17) is 31.4 Å². The molecule has 0 N–H and O–H groups in total. The van der Waals surface area contributed by atoms with Gasteiger partial charge in [-0.15, -0.1) is 0 Å². The number of hydrogen-bond donors (Lipinski definition) is 0. The number of benzene rings is 2. The van der Waals surface area contributed by atoms with Gasteiger partial charge >= 0.3 is 0 Å². The van der Waals surface area contributed by atoms with E-state index in [1.165, 1.54) is 11.3 Å². The second kappa shape index (κ2) is 8.18. The average molecular weight is 426 g/mol. The fourth-order valence-corrected chi connectivity index (χ4v) is 4.34. The van der Waals surface area contributed by atoms with Crippen LogP contribution >= 0.6 is 23.6 Å². The summed E-state index contributed by atoms with van der Waals surface area (Å²) in [6, 6.07) is 15.5. The lowest BCUT2D eigenvalue weighted by Gasteiger charge is -2.11. The minimum atomic E-state index is 0.494. The van der Waals surface area contributed by atoms with Crippen molar-refractivity contribution in [2.45, 2.75) is 6.92 Å². The maximum atomic E-state index is 5.83. The smallest absolute Gasteiger partial charge is 0.237 e. The molecule has 29 heavy (non-hydrogen) atoms. The van der Waals surface area contributed by atoms with E-state index in [-0.39, 0.29) is 0 Å². The zero-order valence-electron chi connectivity index (χ0n) is 16.2. The molecule has 4 rings (SSSR count). The number of aromatic nitrogens is 3. The Morgan fingerprint density at radius 2 is 1.76 bits per heavy atom. The van der Waals surface area contributed by atoms with Gasteiger partial charge < -0.3 is 14.2 Å². The molecule has 0 aliphatic heterocycles. The van der Waals surface area contributed by atoms with Crippen LogP contribution in [0, 0.1) is 3.95 Å². The lowest BCUT2D eigenvalue weighted by molar-refractivity contribution is 0.332. The van der Waals surface area contributed by atoms with Gasteiger partial charge in [0.15, 0.2) is 26.9 Å². The molecule has 0 bridgehead atoms. The van der Waals surface area contributed by atoms with Gasteiger partial charge in [-0.2, -0.15) is 4.98 Å². The van der Waals surface area contributed by atoms with Gasteiger partial charge in [-0.25, -0.2) is 4.98 Å².